The van der Waals surface area contributed by atoms with Crippen molar-refractivity contribution in [1.82, 2.24) is 14.4 Å². The summed E-state index contributed by atoms with van der Waals surface area (Å²) in [5.74, 6) is 2.62. The summed E-state index contributed by atoms with van der Waals surface area (Å²) in [6, 6.07) is 0. The molecule has 0 radical (unpaired) electrons. The second kappa shape index (κ2) is 3.98. The topological polar surface area (TPSA) is 33.4 Å². The van der Waals surface area contributed by atoms with Gasteiger partial charge in [-0.2, -0.15) is 0 Å². The Hall–Kier alpha value is -1.10. The molecule has 0 N–H and O–H groups in total. The van der Waals surface area contributed by atoms with E-state index in [2.05, 4.69) is 44.8 Å². The lowest BCUT2D eigenvalue weighted by molar-refractivity contribution is 0.718. The van der Waals surface area contributed by atoms with Crippen LogP contribution >= 0.6 is 15.9 Å². The smallest absolute Gasteiger partial charge is 0.180 e. The summed E-state index contributed by atoms with van der Waals surface area (Å²) in [6.45, 7) is 3.37. The molecule has 0 saturated heterocycles. The van der Waals surface area contributed by atoms with E-state index >= 15 is 0 Å². The summed E-state index contributed by atoms with van der Waals surface area (Å²) in [7, 11) is 2.09. The monoisotopic (exact) mass is 294 g/mol. The highest BCUT2D eigenvalue weighted by Gasteiger charge is 2.33. The summed E-state index contributed by atoms with van der Waals surface area (Å²) in [5, 5.41) is 0. The molecular formula is C12H15BrN4. The minimum atomic E-state index is 0.816. The second-order valence-electron chi connectivity index (χ2n) is 4.90. The molecule has 0 bridgehead atoms. The molecule has 17 heavy (non-hydrogen) atoms. The molecule has 1 saturated carbocycles. The number of hydrogen-bond acceptors (Lipinski definition) is 3. The van der Waals surface area contributed by atoms with Crippen molar-refractivity contribution in [2.45, 2.75) is 13.3 Å². The predicted molar refractivity (Wildman–Crippen MR) is 71.2 cm³/mol. The van der Waals surface area contributed by atoms with E-state index in [0.717, 1.165) is 34.4 Å². The highest BCUT2D eigenvalue weighted by atomic mass is 79.9. The summed E-state index contributed by atoms with van der Waals surface area (Å²) in [5.41, 5.74) is 0.920. The van der Waals surface area contributed by atoms with E-state index in [1.807, 2.05) is 16.8 Å². The molecule has 0 aromatic carbocycles. The van der Waals surface area contributed by atoms with Gasteiger partial charge in [-0.15, -0.1) is 0 Å². The van der Waals surface area contributed by atoms with Gasteiger partial charge in [-0.1, -0.05) is 6.92 Å². The van der Waals surface area contributed by atoms with E-state index in [1.54, 1.807) is 6.20 Å². The SMILES string of the molecule is CC1CC1CN(C)c1nc(Br)cn2ccnc12. The maximum atomic E-state index is 4.54. The summed E-state index contributed by atoms with van der Waals surface area (Å²) in [6.07, 6.45) is 7.02. The van der Waals surface area contributed by atoms with Gasteiger partial charge in [-0.05, 0) is 34.2 Å². The van der Waals surface area contributed by atoms with E-state index in [0.29, 0.717) is 0 Å². The zero-order valence-electron chi connectivity index (χ0n) is 9.97. The Bertz CT molecular complexity index is 550. The van der Waals surface area contributed by atoms with Gasteiger partial charge < -0.3 is 9.30 Å². The summed E-state index contributed by atoms with van der Waals surface area (Å²) < 4.78 is 2.84. The fourth-order valence-electron chi connectivity index (χ4n) is 2.23. The Morgan fingerprint density at radius 3 is 3.06 bits per heavy atom. The Kier molecular flexibility index (Phi) is 2.58. The van der Waals surface area contributed by atoms with Crippen LogP contribution in [0.25, 0.3) is 5.65 Å². The van der Waals surface area contributed by atoms with Crippen molar-refractivity contribution in [2.24, 2.45) is 11.8 Å². The van der Waals surface area contributed by atoms with E-state index in [4.69, 9.17) is 0 Å². The van der Waals surface area contributed by atoms with Gasteiger partial charge in [0.05, 0.1) is 0 Å². The fraction of sp³-hybridized carbons (Fsp3) is 0.500. The standard InChI is InChI=1S/C12H15BrN4/c1-8-5-9(8)6-16(2)12-11-14-3-4-17(11)7-10(13)15-12/h3-4,7-9H,5-6H2,1-2H3. The van der Waals surface area contributed by atoms with Gasteiger partial charge >= 0.3 is 0 Å². The van der Waals surface area contributed by atoms with Crippen LogP contribution in [0.1, 0.15) is 13.3 Å². The number of halogens is 1. The first-order chi connectivity index (χ1) is 8.15. The molecule has 90 valence electrons. The highest BCUT2D eigenvalue weighted by molar-refractivity contribution is 9.10. The van der Waals surface area contributed by atoms with Crippen LogP contribution in [-0.2, 0) is 0 Å². The Morgan fingerprint density at radius 1 is 1.59 bits per heavy atom. The lowest BCUT2D eigenvalue weighted by Gasteiger charge is -2.18. The van der Waals surface area contributed by atoms with E-state index in [-0.39, 0.29) is 0 Å². The molecule has 4 nitrogen and oxygen atoms in total. The van der Waals surface area contributed by atoms with Crippen LogP contribution in [0.2, 0.25) is 0 Å². The van der Waals surface area contributed by atoms with Gasteiger partial charge in [0.1, 0.15) is 4.60 Å². The third-order valence-electron chi connectivity index (χ3n) is 3.47. The first kappa shape index (κ1) is 11.0. The molecule has 1 aliphatic rings. The third-order valence-corrected chi connectivity index (χ3v) is 3.86. The van der Waals surface area contributed by atoms with Gasteiger partial charge in [0.25, 0.3) is 0 Å². The summed E-state index contributed by atoms with van der Waals surface area (Å²) >= 11 is 3.44. The van der Waals surface area contributed by atoms with Gasteiger partial charge in [0, 0.05) is 32.2 Å². The van der Waals surface area contributed by atoms with Crippen LogP contribution in [0.15, 0.2) is 23.2 Å². The Morgan fingerprint density at radius 2 is 2.35 bits per heavy atom. The molecule has 3 rings (SSSR count). The predicted octanol–water partition coefficient (Wildman–Crippen LogP) is 2.58. The lowest BCUT2D eigenvalue weighted by atomic mass is 10.3. The fourth-order valence-corrected chi connectivity index (χ4v) is 2.62. The third kappa shape index (κ3) is 2.04. The van der Waals surface area contributed by atoms with Gasteiger partial charge in [0.15, 0.2) is 11.5 Å². The molecule has 2 atom stereocenters. The van der Waals surface area contributed by atoms with Crippen LogP contribution < -0.4 is 4.90 Å². The molecule has 2 heterocycles. The number of rotatable bonds is 3. The normalized spacial score (nSPS) is 23.0. The van der Waals surface area contributed by atoms with Crippen molar-refractivity contribution >= 4 is 27.4 Å². The van der Waals surface area contributed by atoms with Crippen molar-refractivity contribution in [1.29, 1.82) is 0 Å². The maximum Gasteiger partial charge on any atom is 0.180 e. The minimum absolute atomic E-state index is 0.816. The van der Waals surface area contributed by atoms with E-state index in [1.165, 1.54) is 6.42 Å². The van der Waals surface area contributed by atoms with Gasteiger partial charge in [0.2, 0.25) is 0 Å². The van der Waals surface area contributed by atoms with E-state index < -0.39 is 0 Å². The number of aromatic nitrogens is 3. The van der Waals surface area contributed by atoms with E-state index in [9.17, 15) is 0 Å². The molecular weight excluding hydrogens is 280 g/mol. The van der Waals surface area contributed by atoms with Crippen LogP contribution in [0.4, 0.5) is 5.82 Å². The molecule has 2 unspecified atom stereocenters. The lowest BCUT2D eigenvalue weighted by Crippen LogP contribution is -2.22. The van der Waals surface area contributed by atoms with Crippen molar-refractivity contribution in [3.8, 4) is 0 Å². The Balaban J connectivity index is 1.94. The molecule has 0 amide bonds. The van der Waals surface area contributed by atoms with Crippen molar-refractivity contribution in [3.05, 3.63) is 23.2 Å². The number of nitrogens with zero attached hydrogens (tertiary/aromatic N) is 4. The number of anilines is 1. The van der Waals surface area contributed by atoms with Crippen molar-refractivity contribution < 1.29 is 0 Å². The zero-order valence-corrected chi connectivity index (χ0v) is 11.6. The zero-order chi connectivity index (χ0) is 12.0. The first-order valence-corrected chi connectivity index (χ1v) is 6.65. The molecule has 2 aromatic rings. The van der Waals surface area contributed by atoms with Crippen LogP contribution in [0, 0.1) is 11.8 Å². The van der Waals surface area contributed by atoms with Crippen LogP contribution in [0.3, 0.4) is 0 Å². The molecule has 1 aliphatic carbocycles. The number of fused-ring (bicyclic) bond motifs is 1. The molecule has 2 aromatic heterocycles. The molecule has 0 spiro atoms. The van der Waals surface area contributed by atoms with Gasteiger partial charge in [-0.25, -0.2) is 9.97 Å². The highest BCUT2D eigenvalue weighted by Crippen LogP contribution is 2.38. The Labute approximate surface area is 109 Å². The molecule has 1 fully saturated rings. The molecule has 0 aliphatic heterocycles. The maximum absolute atomic E-state index is 4.54. The van der Waals surface area contributed by atoms with Crippen molar-refractivity contribution in [3.63, 3.8) is 0 Å². The number of imidazole rings is 1. The largest absolute Gasteiger partial charge is 0.356 e. The quantitative estimate of drug-likeness (QED) is 0.872. The second-order valence-corrected chi connectivity index (χ2v) is 5.71. The summed E-state index contributed by atoms with van der Waals surface area (Å²) in [4.78, 5) is 11.1. The van der Waals surface area contributed by atoms with Gasteiger partial charge in [-0.3, -0.25) is 0 Å². The minimum Gasteiger partial charge on any atom is -0.356 e. The average Bonchev–Trinajstić information content (AvgIpc) is 2.78. The van der Waals surface area contributed by atoms with Crippen LogP contribution in [0.5, 0.6) is 0 Å². The van der Waals surface area contributed by atoms with Crippen molar-refractivity contribution in [2.75, 3.05) is 18.5 Å². The van der Waals surface area contributed by atoms with Crippen LogP contribution in [-0.4, -0.2) is 28.0 Å². The number of hydrogen-bond donors (Lipinski definition) is 0. The molecule has 5 heteroatoms. The average molecular weight is 295 g/mol. The first-order valence-electron chi connectivity index (χ1n) is 5.85.